The molecule has 4 heterocycles. The molecular formula is C67H60BN3O. The van der Waals surface area contributed by atoms with Crippen molar-refractivity contribution < 1.29 is 4.42 Å². The molecular weight excluding hydrogens is 874 g/mol. The normalized spacial score (nSPS) is 13.4. The van der Waals surface area contributed by atoms with E-state index >= 15 is 0 Å². The van der Waals surface area contributed by atoms with E-state index < -0.39 is 0 Å². The van der Waals surface area contributed by atoms with Gasteiger partial charge < -0.3 is 18.8 Å². The summed E-state index contributed by atoms with van der Waals surface area (Å²) in [7, 11) is 0. The predicted molar refractivity (Wildman–Crippen MR) is 309 cm³/mol. The van der Waals surface area contributed by atoms with Crippen LogP contribution in [0.4, 0.5) is 34.1 Å². The molecule has 0 aliphatic carbocycles. The second-order valence-corrected chi connectivity index (χ2v) is 22.9. The van der Waals surface area contributed by atoms with E-state index in [9.17, 15) is 0 Å². The van der Waals surface area contributed by atoms with Crippen LogP contribution < -0.4 is 26.2 Å². The third-order valence-corrected chi connectivity index (χ3v) is 15.9. The number of anilines is 6. The van der Waals surface area contributed by atoms with E-state index in [4.69, 9.17) is 4.42 Å². The van der Waals surface area contributed by atoms with Gasteiger partial charge in [-0.3, -0.25) is 0 Å². The lowest BCUT2D eigenvalue weighted by atomic mass is 9.33. The predicted octanol–water partition coefficient (Wildman–Crippen LogP) is 16.6. The van der Waals surface area contributed by atoms with Crippen LogP contribution in [0.25, 0.3) is 60.6 Å². The summed E-state index contributed by atoms with van der Waals surface area (Å²) >= 11 is 0. The minimum Gasteiger partial charge on any atom is -0.455 e. The average Bonchev–Trinajstić information content (AvgIpc) is 3.89. The summed E-state index contributed by atoms with van der Waals surface area (Å²) in [6.45, 7) is 25.4. The number of rotatable bonds is 4. The highest BCUT2D eigenvalue weighted by Gasteiger charge is 2.45. The largest absolute Gasteiger partial charge is 0.455 e. The van der Waals surface area contributed by atoms with Gasteiger partial charge >= 0.3 is 0 Å². The smallest absolute Gasteiger partial charge is 0.252 e. The molecule has 11 aromatic rings. The van der Waals surface area contributed by atoms with Crippen molar-refractivity contribution in [3.05, 3.63) is 203 Å². The van der Waals surface area contributed by atoms with Gasteiger partial charge in [0.2, 0.25) is 0 Å². The lowest BCUT2D eigenvalue weighted by molar-refractivity contribution is 0.590. The molecule has 2 aliphatic heterocycles. The van der Waals surface area contributed by atoms with E-state index in [1.807, 2.05) is 0 Å². The molecule has 13 rings (SSSR count). The zero-order valence-corrected chi connectivity index (χ0v) is 43.4. The zero-order valence-electron chi connectivity index (χ0n) is 43.4. The second kappa shape index (κ2) is 15.6. The molecule has 0 atom stereocenters. The lowest BCUT2D eigenvalue weighted by Gasteiger charge is -2.46. The third-order valence-electron chi connectivity index (χ3n) is 15.9. The lowest BCUT2D eigenvalue weighted by Crippen LogP contribution is -2.61. The molecule has 0 unspecified atom stereocenters. The molecule has 0 fully saturated rings. The number of furan rings is 1. The summed E-state index contributed by atoms with van der Waals surface area (Å²) < 4.78 is 9.12. The fraction of sp³-hybridized carbons (Fsp3) is 0.194. The van der Waals surface area contributed by atoms with Crippen LogP contribution in [0.3, 0.4) is 0 Å². The van der Waals surface area contributed by atoms with E-state index in [1.165, 1.54) is 111 Å². The van der Waals surface area contributed by atoms with Gasteiger partial charge in [-0.15, -0.1) is 0 Å². The number of aromatic nitrogens is 1. The number of hydrogen-bond acceptors (Lipinski definition) is 3. The zero-order chi connectivity index (χ0) is 49.7. The van der Waals surface area contributed by atoms with Crippen molar-refractivity contribution in [3.8, 4) is 16.8 Å². The van der Waals surface area contributed by atoms with Crippen molar-refractivity contribution in [3.63, 3.8) is 0 Å². The fourth-order valence-electron chi connectivity index (χ4n) is 12.5. The quantitative estimate of drug-likeness (QED) is 0.164. The topological polar surface area (TPSA) is 24.6 Å². The Bertz CT molecular complexity index is 4040. The number of benzene rings is 9. The van der Waals surface area contributed by atoms with E-state index in [2.05, 4.69) is 254 Å². The molecule has 4 nitrogen and oxygen atoms in total. The van der Waals surface area contributed by atoms with Gasteiger partial charge in [0.25, 0.3) is 6.71 Å². The summed E-state index contributed by atoms with van der Waals surface area (Å²) in [6.07, 6.45) is 0. The van der Waals surface area contributed by atoms with Crippen LogP contribution in [0, 0.1) is 34.6 Å². The highest BCUT2D eigenvalue weighted by Crippen LogP contribution is 2.50. The van der Waals surface area contributed by atoms with Gasteiger partial charge in [-0.05, 0) is 173 Å². The molecule has 9 aromatic carbocycles. The molecule has 0 radical (unpaired) electrons. The monoisotopic (exact) mass is 933 g/mol. The molecule has 0 amide bonds. The first kappa shape index (κ1) is 44.2. The summed E-state index contributed by atoms with van der Waals surface area (Å²) in [5.74, 6) is 0. The molecule has 0 saturated heterocycles. The Hall–Kier alpha value is -7.76. The summed E-state index contributed by atoms with van der Waals surface area (Å²) in [5, 5.41) is 4.84. The van der Waals surface area contributed by atoms with Crippen molar-refractivity contribution in [1.29, 1.82) is 0 Å². The van der Waals surface area contributed by atoms with Gasteiger partial charge in [-0.1, -0.05) is 139 Å². The van der Waals surface area contributed by atoms with E-state index in [-0.39, 0.29) is 17.5 Å². The Morgan fingerprint density at radius 2 is 1.01 bits per heavy atom. The number of para-hydroxylation sites is 4. The summed E-state index contributed by atoms with van der Waals surface area (Å²) in [6, 6.07) is 61.9. The van der Waals surface area contributed by atoms with Gasteiger partial charge in [-0.2, -0.15) is 0 Å². The molecule has 2 aromatic heterocycles. The Morgan fingerprint density at radius 1 is 0.431 bits per heavy atom. The van der Waals surface area contributed by atoms with Crippen LogP contribution in [-0.4, -0.2) is 11.3 Å². The minimum absolute atomic E-state index is 0.0151. The molecule has 5 heteroatoms. The van der Waals surface area contributed by atoms with Crippen molar-refractivity contribution in [2.45, 2.75) is 87.0 Å². The van der Waals surface area contributed by atoms with Gasteiger partial charge in [-0.25, -0.2) is 0 Å². The fourth-order valence-corrected chi connectivity index (χ4v) is 12.5. The van der Waals surface area contributed by atoms with Crippen LogP contribution >= 0.6 is 0 Å². The third kappa shape index (κ3) is 6.52. The highest BCUT2D eigenvalue weighted by molar-refractivity contribution is 7.00. The van der Waals surface area contributed by atoms with E-state index in [0.29, 0.717) is 0 Å². The number of hydrogen-bond donors (Lipinski definition) is 0. The molecule has 0 bridgehead atoms. The summed E-state index contributed by atoms with van der Waals surface area (Å²) in [5.41, 5.74) is 27.8. The molecule has 0 saturated carbocycles. The van der Waals surface area contributed by atoms with Crippen molar-refractivity contribution >= 4 is 101 Å². The number of fused-ring (bicyclic) bond motifs is 10. The van der Waals surface area contributed by atoms with Crippen LogP contribution in [0.1, 0.15) is 80.5 Å². The maximum absolute atomic E-state index is 6.62. The van der Waals surface area contributed by atoms with E-state index in [0.717, 1.165) is 38.8 Å². The first-order valence-corrected chi connectivity index (χ1v) is 25.7. The molecule has 0 N–H and O–H groups in total. The van der Waals surface area contributed by atoms with Crippen molar-refractivity contribution in [1.82, 2.24) is 4.57 Å². The Kier molecular flexibility index (Phi) is 9.59. The molecule has 352 valence electrons. The maximum atomic E-state index is 6.62. The van der Waals surface area contributed by atoms with Crippen LogP contribution in [0.5, 0.6) is 0 Å². The van der Waals surface area contributed by atoms with E-state index in [1.54, 1.807) is 0 Å². The SMILES string of the molecule is Cc1cc2c3c(c1)N(c1c(C)cccc1C)c1cc4c(cc1B3c1cc(C(C)(C)C)ccc1N2c1c(C)cc(-c2cccc3c2oc2ccccc23)cc1C)c1cc(C(C)(C)C)ccc1n4-c1ccccc1. The minimum atomic E-state index is -0.0698. The first-order chi connectivity index (χ1) is 34.5. The molecule has 0 spiro atoms. The van der Waals surface area contributed by atoms with Gasteiger partial charge in [0, 0.05) is 55.5 Å². The van der Waals surface area contributed by atoms with Gasteiger partial charge in [0.1, 0.15) is 11.2 Å². The van der Waals surface area contributed by atoms with Crippen molar-refractivity contribution in [2.24, 2.45) is 0 Å². The maximum Gasteiger partial charge on any atom is 0.252 e. The van der Waals surface area contributed by atoms with Gasteiger partial charge in [0.15, 0.2) is 0 Å². The first-order valence-electron chi connectivity index (χ1n) is 25.7. The number of aryl methyl sites for hydroxylation is 5. The Morgan fingerprint density at radius 3 is 1.72 bits per heavy atom. The Balaban J connectivity index is 1.12. The van der Waals surface area contributed by atoms with Crippen molar-refractivity contribution in [2.75, 3.05) is 9.80 Å². The standard InChI is InChI=1S/C67H60BN3O/c1-39-31-59-62-60(32-39)71(63-40(2)19-17-20-41(63)3)58-38-57-52(51-35-45(66(6,7)8)27-29-55(51)69(57)47-21-13-12-14-22-47)37-54(58)68(62)53-36-46(67(9,10)11)28-30-56(53)70(59)64-42(4)33-44(34-43(64)5)48-24-18-25-50-49-23-15-16-26-61(49)72-65(48)50/h12-38H,1-11H3. The van der Waals surface area contributed by atoms with Crippen LogP contribution in [-0.2, 0) is 10.8 Å². The van der Waals surface area contributed by atoms with Gasteiger partial charge in [0.05, 0.1) is 22.4 Å². The number of nitrogens with zero attached hydrogens (tertiary/aromatic N) is 3. The molecule has 2 aliphatic rings. The Labute approximate surface area is 424 Å². The van der Waals surface area contributed by atoms with Crippen LogP contribution in [0.15, 0.2) is 168 Å². The second-order valence-electron chi connectivity index (χ2n) is 22.9. The van der Waals surface area contributed by atoms with Crippen LogP contribution in [0.2, 0.25) is 0 Å². The average molecular weight is 934 g/mol. The highest BCUT2D eigenvalue weighted by atomic mass is 16.3. The summed E-state index contributed by atoms with van der Waals surface area (Å²) in [4.78, 5) is 5.24. The molecule has 72 heavy (non-hydrogen) atoms.